The maximum absolute atomic E-state index is 7.21. The van der Waals surface area contributed by atoms with Crippen molar-refractivity contribution in [1.29, 1.82) is 0 Å². The van der Waals surface area contributed by atoms with Crippen molar-refractivity contribution in [2.45, 2.75) is 88.9 Å². The number of hydrogen-bond donors (Lipinski definition) is 0. The maximum atomic E-state index is 7.21. The molecule has 2 nitrogen and oxygen atoms in total. The zero-order valence-corrected chi connectivity index (χ0v) is 33.4. The topological polar surface area (TPSA) is 12.5 Å². The highest BCUT2D eigenvalue weighted by Gasteiger charge is 2.61. The quantitative estimate of drug-likeness (QED) is 0.175. The third-order valence-electron chi connectivity index (χ3n) is 15.2. The summed E-state index contributed by atoms with van der Waals surface area (Å²) in [6, 6.07) is 52.5. The van der Waals surface area contributed by atoms with Crippen LogP contribution in [0.2, 0.25) is 0 Å². The van der Waals surface area contributed by atoms with E-state index in [1.807, 2.05) is 0 Å². The molecule has 0 amide bonds. The summed E-state index contributed by atoms with van der Waals surface area (Å²) in [6.45, 7) is 9.74. The molecule has 0 radical (unpaired) electrons. The second kappa shape index (κ2) is 12.5. The Balaban J connectivity index is 1.11. The lowest BCUT2D eigenvalue weighted by molar-refractivity contribution is -0.0451. The van der Waals surface area contributed by atoms with Gasteiger partial charge in [-0.05, 0) is 150 Å². The Morgan fingerprint density at radius 3 is 1.68 bits per heavy atom. The maximum Gasteiger partial charge on any atom is 0.139 e. The first-order valence-corrected chi connectivity index (χ1v) is 21.3. The largest absolute Gasteiger partial charge is 0.456 e. The molecule has 4 bridgehead atoms. The first-order valence-electron chi connectivity index (χ1n) is 21.3. The van der Waals surface area contributed by atoms with Crippen LogP contribution in [0.3, 0.4) is 0 Å². The number of rotatable bonds is 5. The summed E-state index contributed by atoms with van der Waals surface area (Å²) in [6.07, 6.45) is 9.13. The molecular weight excluding hydrogens is 679 g/mol. The van der Waals surface area contributed by atoms with Crippen LogP contribution in [0.4, 0.5) is 17.1 Å². The Morgan fingerprint density at radius 2 is 1.02 bits per heavy atom. The summed E-state index contributed by atoms with van der Waals surface area (Å²) in [4.78, 5) is 2.53. The van der Waals surface area contributed by atoms with E-state index in [1.165, 1.54) is 107 Å². The number of ether oxygens (including phenoxy) is 1. The van der Waals surface area contributed by atoms with Crippen LogP contribution in [0.5, 0.6) is 11.5 Å². The SMILES string of the molecule is CC1(C)CCC(C)(C)c2cc(N(c3ccc(-c4ccccc4)cc3)c3ccc4c(c3)C3(c5cccc(-c6ccccc6)c5O4)C4CC5CC(C4)CC3C5)ccc21. The highest BCUT2D eigenvalue weighted by molar-refractivity contribution is 5.82. The van der Waals surface area contributed by atoms with E-state index in [9.17, 15) is 0 Å². The van der Waals surface area contributed by atoms with Crippen molar-refractivity contribution in [2.24, 2.45) is 23.7 Å². The first-order chi connectivity index (χ1) is 27.2. The van der Waals surface area contributed by atoms with E-state index in [0.717, 1.165) is 23.3 Å². The standard InChI is InChI=1S/C54H53NO/c1-52(2)26-27-53(3,4)48-33-43(22-24-46(48)52)55(42-20-18-38(19-21-42)37-12-7-5-8-13-37)44-23-25-50-49(34-44)54(40-29-35-28-36(31-40)32-41(54)30-35)47-17-11-16-45(51(47)56-50)39-14-9-6-10-15-39/h5-25,33-36,40-41H,26-32H2,1-4H3. The average molecular weight is 732 g/mol. The van der Waals surface area contributed by atoms with E-state index >= 15 is 0 Å². The van der Waals surface area contributed by atoms with Gasteiger partial charge in [-0.15, -0.1) is 0 Å². The van der Waals surface area contributed by atoms with Gasteiger partial charge in [0.25, 0.3) is 0 Å². The molecule has 280 valence electrons. The Morgan fingerprint density at radius 1 is 0.464 bits per heavy atom. The number of hydrogen-bond acceptors (Lipinski definition) is 2. The second-order valence-electron chi connectivity index (χ2n) is 19.3. The van der Waals surface area contributed by atoms with Crippen molar-refractivity contribution in [2.75, 3.05) is 4.90 Å². The van der Waals surface area contributed by atoms with Crippen LogP contribution in [0, 0.1) is 23.7 Å². The van der Waals surface area contributed by atoms with Crippen LogP contribution >= 0.6 is 0 Å². The van der Waals surface area contributed by atoms with Crippen LogP contribution < -0.4 is 9.64 Å². The van der Waals surface area contributed by atoms with Crippen LogP contribution in [0.1, 0.15) is 94.9 Å². The third kappa shape index (κ3) is 5.13. The zero-order chi connectivity index (χ0) is 37.8. The number of nitrogens with zero attached hydrogens (tertiary/aromatic N) is 1. The fourth-order valence-corrected chi connectivity index (χ4v) is 12.5. The van der Waals surface area contributed by atoms with Gasteiger partial charge in [-0.1, -0.05) is 125 Å². The van der Waals surface area contributed by atoms with E-state index < -0.39 is 0 Å². The molecule has 5 aliphatic carbocycles. The summed E-state index contributed by atoms with van der Waals surface area (Å²) in [5, 5.41) is 0. The molecule has 12 rings (SSSR count). The molecule has 4 fully saturated rings. The molecule has 0 unspecified atom stereocenters. The summed E-state index contributed by atoms with van der Waals surface area (Å²) >= 11 is 0. The number of benzene rings is 6. The van der Waals surface area contributed by atoms with Gasteiger partial charge in [0, 0.05) is 39.2 Å². The molecule has 56 heavy (non-hydrogen) atoms. The molecule has 1 spiro atoms. The lowest BCUT2D eigenvalue weighted by Crippen LogP contribution is -2.57. The lowest BCUT2D eigenvalue weighted by atomic mass is 9.41. The molecule has 1 aliphatic heterocycles. The Labute approximate surface area is 333 Å². The van der Waals surface area contributed by atoms with Crippen LogP contribution in [-0.2, 0) is 16.2 Å². The molecule has 6 aromatic rings. The minimum atomic E-state index is -0.0676. The highest BCUT2D eigenvalue weighted by atomic mass is 16.5. The second-order valence-corrected chi connectivity index (χ2v) is 19.3. The molecule has 4 saturated carbocycles. The molecule has 0 aromatic heterocycles. The monoisotopic (exact) mass is 731 g/mol. The van der Waals surface area contributed by atoms with Gasteiger partial charge in [0.2, 0.25) is 0 Å². The van der Waals surface area contributed by atoms with E-state index in [0.29, 0.717) is 11.8 Å². The van der Waals surface area contributed by atoms with Crippen molar-refractivity contribution in [3.05, 3.63) is 162 Å². The molecule has 0 atom stereocenters. The molecule has 6 aromatic carbocycles. The number of fused-ring (bicyclic) bond motifs is 3. The predicted molar refractivity (Wildman–Crippen MR) is 232 cm³/mol. The lowest BCUT2D eigenvalue weighted by Gasteiger charge is -2.63. The Bertz CT molecular complexity index is 2430. The van der Waals surface area contributed by atoms with Crippen molar-refractivity contribution < 1.29 is 4.74 Å². The van der Waals surface area contributed by atoms with Gasteiger partial charge in [-0.25, -0.2) is 0 Å². The normalized spacial score (nSPS) is 25.9. The minimum Gasteiger partial charge on any atom is -0.456 e. The van der Waals surface area contributed by atoms with E-state index in [4.69, 9.17) is 4.74 Å². The van der Waals surface area contributed by atoms with E-state index in [1.54, 1.807) is 0 Å². The van der Waals surface area contributed by atoms with Gasteiger partial charge in [0.1, 0.15) is 11.5 Å². The van der Waals surface area contributed by atoms with Crippen molar-refractivity contribution in [3.63, 3.8) is 0 Å². The van der Waals surface area contributed by atoms with Gasteiger partial charge in [0.15, 0.2) is 0 Å². The smallest absolute Gasteiger partial charge is 0.139 e. The molecule has 1 heterocycles. The average Bonchev–Trinajstić information content (AvgIpc) is 3.22. The molecule has 0 saturated heterocycles. The number of anilines is 3. The van der Waals surface area contributed by atoms with Crippen molar-refractivity contribution in [1.82, 2.24) is 0 Å². The minimum absolute atomic E-state index is 0.0676. The van der Waals surface area contributed by atoms with Crippen LogP contribution in [0.25, 0.3) is 22.3 Å². The summed E-state index contributed by atoms with van der Waals surface area (Å²) in [5.41, 5.74) is 14.6. The van der Waals surface area contributed by atoms with Gasteiger partial charge in [-0.3, -0.25) is 0 Å². The summed E-state index contributed by atoms with van der Waals surface area (Å²) in [7, 11) is 0. The van der Waals surface area contributed by atoms with E-state index in [-0.39, 0.29) is 16.2 Å². The van der Waals surface area contributed by atoms with Crippen LogP contribution in [0.15, 0.2) is 140 Å². The zero-order valence-electron chi connectivity index (χ0n) is 33.4. The fourth-order valence-electron chi connectivity index (χ4n) is 12.5. The Kier molecular flexibility index (Phi) is 7.61. The first kappa shape index (κ1) is 34.2. The Hall–Kier alpha value is -5.08. The molecule has 2 heteroatoms. The fraction of sp³-hybridized carbons (Fsp3) is 0.333. The summed E-state index contributed by atoms with van der Waals surface area (Å²) in [5.74, 6) is 5.09. The van der Waals surface area contributed by atoms with Gasteiger partial charge in [-0.2, -0.15) is 0 Å². The highest BCUT2D eigenvalue weighted by Crippen LogP contribution is 2.70. The third-order valence-corrected chi connectivity index (χ3v) is 15.2. The predicted octanol–water partition coefficient (Wildman–Crippen LogP) is 14.7. The number of para-hydroxylation sites is 1. The van der Waals surface area contributed by atoms with Crippen molar-refractivity contribution >= 4 is 17.1 Å². The molecular formula is C54H53NO. The molecule has 0 N–H and O–H groups in total. The van der Waals surface area contributed by atoms with Gasteiger partial charge < -0.3 is 9.64 Å². The summed E-state index contributed by atoms with van der Waals surface area (Å²) < 4.78 is 7.21. The van der Waals surface area contributed by atoms with Crippen molar-refractivity contribution in [3.8, 4) is 33.8 Å². The van der Waals surface area contributed by atoms with Crippen LogP contribution in [-0.4, -0.2) is 0 Å². The van der Waals surface area contributed by atoms with Gasteiger partial charge in [0.05, 0.1) is 0 Å². The van der Waals surface area contributed by atoms with E-state index in [2.05, 4.69) is 172 Å². The molecule has 6 aliphatic rings. The van der Waals surface area contributed by atoms with Gasteiger partial charge >= 0.3 is 0 Å².